The van der Waals surface area contributed by atoms with Gasteiger partial charge in [0.2, 0.25) is 0 Å². The second kappa shape index (κ2) is 6.24. The molecule has 0 bridgehead atoms. The number of hydrogen-bond donors (Lipinski definition) is 0. The van der Waals surface area contributed by atoms with E-state index in [0.29, 0.717) is 13.8 Å². The van der Waals surface area contributed by atoms with Gasteiger partial charge in [0.25, 0.3) is 0 Å². The molecule has 1 aliphatic heterocycles. The quantitative estimate of drug-likeness (QED) is 0.607. The monoisotopic (exact) mass is 317 g/mol. The minimum Gasteiger partial charge on any atom is -0.314 e. The Bertz CT molecular complexity index is 445. The summed E-state index contributed by atoms with van der Waals surface area (Å²) in [4.78, 5) is 0. The van der Waals surface area contributed by atoms with E-state index in [1.54, 1.807) is 0 Å². The molecule has 0 aromatic carbocycles. The number of rotatable bonds is 1. The zero-order chi connectivity index (χ0) is 17.6. The lowest BCUT2D eigenvalue weighted by molar-refractivity contribution is -0.444. The molecule has 0 saturated heterocycles. The fourth-order valence-corrected chi connectivity index (χ4v) is 4.60. The molecule has 130 valence electrons. The van der Waals surface area contributed by atoms with Crippen LogP contribution in [0.5, 0.6) is 0 Å². The molecule has 0 aromatic heterocycles. The van der Waals surface area contributed by atoms with E-state index >= 15 is 0 Å². The summed E-state index contributed by atoms with van der Waals surface area (Å²) in [7, 11) is 0. The Labute approximate surface area is 146 Å². The molecule has 0 amide bonds. The van der Waals surface area contributed by atoms with Gasteiger partial charge in [-0.2, -0.15) is 0 Å². The van der Waals surface area contributed by atoms with Crippen molar-refractivity contribution in [3.63, 3.8) is 0 Å². The summed E-state index contributed by atoms with van der Waals surface area (Å²) >= 11 is 0. The molecule has 0 unspecified atom stereocenters. The topological polar surface area (TPSA) is 6.25 Å². The molecule has 2 rings (SSSR count). The van der Waals surface area contributed by atoms with Gasteiger partial charge in [0, 0.05) is 18.2 Å². The summed E-state index contributed by atoms with van der Waals surface area (Å²) < 4.78 is 5.59. The maximum absolute atomic E-state index is 2.81. The molecule has 1 heterocycles. The lowest BCUT2D eigenvalue weighted by atomic mass is 9.37. The summed E-state index contributed by atoms with van der Waals surface area (Å²) in [6, 6.07) is 0.741. The van der Waals surface area contributed by atoms with Crippen LogP contribution in [0.2, 0.25) is 10.6 Å². The van der Waals surface area contributed by atoms with Gasteiger partial charge >= 0.3 is 13.8 Å². The zero-order valence-electron chi connectivity index (χ0n) is 17.2. The summed E-state index contributed by atoms with van der Waals surface area (Å²) in [5, 5.41) is 0.515. The van der Waals surface area contributed by atoms with Gasteiger partial charge in [0.05, 0.1) is 6.11 Å². The highest BCUT2D eigenvalue weighted by Crippen LogP contribution is 2.43. The number of hydrogen-bond acceptors (Lipinski definition) is 1. The van der Waals surface area contributed by atoms with Crippen molar-refractivity contribution in [1.29, 1.82) is 0 Å². The Balaban J connectivity index is 2.48. The van der Waals surface area contributed by atoms with Crippen molar-refractivity contribution < 1.29 is 4.49 Å². The third-order valence-corrected chi connectivity index (χ3v) is 5.59. The van der Waals surface area contributed by atoms with Crippen molar-refractivity contribution in [3.8, 4) is 0 Å². The second-order valence-electron chi connectivity index (χ2n) is 11.0. The molecule has 0 spiro atoms. The molecule has 4 heteroatoms. The smallest absolute Gasteiger partial charge is 0.314 e. The van der Waals surface area contributed by atoms with Crippen molar-refractivity contribution in [2.75, 3.05) is 0 Å². The third-order valence-electron chi connectivity index (χ3n) is 5.59. The molecular formula is C19H39B2N2+. The van der Waals surface area contributed by atoms with Crippen LogP contribution in [0.3, 0.4) is 0 Å². The maximum Gasteiger partial charge on any atom is 0.572 e. The average molecular weight is 317 g/mol. The fourth-order valence-electron chi connectivity index (χ4n) is 4.60. The average Bonchev–Trinajstić information content (AvgIpc) is 2.79. The van der Waals surface area contributed by atoms with E-state index < -0.39 is 0 Å². The largest absolute Gasteiger partial charge is 0.572 e. The lowest BCUT2D eigenvalue weighted by Gasteiger charge is -2.42. The Hall–Kier alpha value is -0.240. The van der Waals surface area contributed by atoms with E-state index in [-0.39, 0.29) is 16.2 Å². The lowest BCUT2D eigenvalue weighted by Crippen LogP contribution is -2.63. The van der Waals surface area contributed by atoms with Gasteiger partial charge in [-0.1, -0.05) is 48.0 Å². The predicted molar refractivity (Wildman–Crippen MR) is 106 cm³/mol. The molecular weight excluding hydrogens is 278 g/mol. The van der Waals surface area contributed by atoms with Crippen LogP contribution in [0.25, 0.3) is 0 Å². The van der Waals surface area contributed by atoms with Crippen LogP contribution < -0.4 is 0 Å². The van der Waals surface area contributed by atoms with Crippen molar-refractivity contribution in [2.45, 2.75) is 117 Å². The summed E-state index contributed by atoms with van der Waals surface area (Å²) in [6.07, 6.45) is 9.59. The van der Waals surface area contributed by atoms with E-state index in [2.05, 4.69) is 77.6 Å². The number of nitrogens with zero attached hydrogens (tertiary/aromatic N) is 2. The molecule has 2 aliphatic rings. The highest BCUT2D eigenvalue weighted by Gasteiger charge is 2.63. The van der Waals surface area contributed by atoms with Gasteiger partial charge in [-0.15, -0.1) is 0 Å². The SMILES string of the molecule is CC(C)(C)B1C=[N+](C2CCCCC2)B(C(C)(C)C)N1C(C)(C)C. The van der Waals surface area contributed by atoms with Crippen molar-refractivity contribution >= 4 is 19.9 Å². The van der Waals surface area contributed by atoms with E-state index in [1.165, 1.54) is 32.1 Å². The van der Waals surface area contributed by atoms with Crippen LogP contribution in [0.1, 0.15) is 94.4 Å². The molecule has 1 saturated carbocycles. The van der Waals surface area contributed by atoms with Gasteiger partial charge in [0.1, 0.15) is 6.04 Å². The molecule has 0 atom stereocenters. The Morgan fingerprint density at radius 2 is 1.35 bits per heavy atom. The van der Waals surface area contributed by atoms with Crippen LogP contribution in [0.15, 0.2) is 0 Å². The summed E-state index contributed by atoms with van der Waals surface area (Å²) in [6.45, 7) is 22.6. The first-order chi connectivity index (χ1) is 10.3. The van der Waals surface area contributed by atoms with Gasteiger partial charge in [-0.05, 0) is 44.5 Å². The van der Waals surface area contributed by atoms with E-state index in [1.807, 2.05) is 0 Å². The molecule has 2 nitrogen and oxygen atoms in total. The van der Waals surface area contributed by atoms with Crippen LogP contribution in [0, 0.1) is 0 Å². The van der Waals surface area contributed by atoms with E-state index in [0.717, 1.165) is 6.04 Å². The van der Waals surface area contributed by atoms with Gasteiger partial charge in [-0.25, -0.2) is 0 Å². The van der Waals surface area contributed by atoms with Crippen LogP contribution in [-0.4, -0.2) is 40.7 Å². The molecule has 1 aliphatic carbocycles. The first kappa shape index (κ1) is 19.1. The van der Waals surface area contributed by atoms with Crippen molar-refractivity contribution in [3.05, 3.63) is 0 Å². The summed E-state index contributed by atoms with van der Waals surface area (Å²) in [5.74, 6) is 0. The first-order valence-electron chi connectivity index (χ1n) is 9.74. The standard InChI is InChI=1S/C19H39B2N2/c1-17(2,3)20-15-22(16-13-11-10-12-14-16)21(18(4,5)6)23(20)19(7,8)9/h15-16H,10-14H2,1-9H3/q+1. The molecule has 1 fully saturated rings. The second-order valence-corrected chi connectivity index (χ2v) is 11.0. The first-order valence-corrected chi connectivity index (χ1v) is 9.74. The molecule has 0 N–H and O–H groups in total. The van der Waals surface area contributed by atoms with Crippen LogP contribution in [-0.2, 0) is 0 Å². The predicted octanol–water partition coefficient (Wildman–Crippen LogP) is 5.14. The maximum atomic E-state index is 2.81. The fraction of sp³-hybridized carbons (Fsp3) is 0.947. The minimum absolute atomic E-state index is 0.176. The van der Waals surface area contributed by atoms with Gasteiger partial charge < -0.3 is 9.21 Å². The van der Waals surface area contributed by atoms with Gasteiger partial charge in [0.15, 0.2) is 0 Å². The van der Waals surface area contributed by atoms with E-state index in [4.69, 9.17) is 0 Å². The van der Waals surface area contributed by atoms with Crippen LogP contribution >= 0.6 is 0 Å². The minimum atomic E-state index is 0.176. The zero-order valence-corrected chi connectivity index (χ0v) is 17.2. The third kappa shape index (κ3) is 4.06. The Morgan fingerprint density at radius 1 is 0.826 bits per heavy atom. The summed E-state index contributed by atoms with van der Waals surface area (Å²) in [5.41, 5.74) is 0.176. The van der Waals surface area contributed by atoms with E-state index in [9.17, 15) is 0 Å². The van der Waals surface area contributed by atoms with Gasteiger partial charge in [-0.3, -0.25) is 0 Å². The highest BCUT2D eigenvalue weighted by molar-refractivity contribution is 6.93. The van der Waals surface area contributed by atoms with Crippen molar-refractivity contribution in [2.24, 2.45) is 0 Å². The molecule has 0 aromatic rings. The highest BCUT2D eigenvalue weighted by atomic mass is 15.2. The Morgan fingerprint density at radius 3 is 1.74 bits per heavy atom. The molecule has 0 radical (unpaired) electrons. The normalized spacial score (nSPS) is 22.7. The molecule has 23 heavy (non-hydrogen) atoms. The Kier molecular flexibility index (Phi) is 5.18. The van der Waals surface area contributed by atoms with Crippen LogP contribution in [0.4, 0.5) is 0 Å². The van der Waals surface area contributed by atoms with Crippen molar-refractivity contribution in [1.82, 2.24) is 4.72 Å².